The summed E-state index contributed by atoms with van der Waals surface area (Å²) in [5.41, 5.74) is -0.418. The highest BCUT2D eigenvalue weighted by Gasteiger charge is 2.10. The van der Waals surface area contributed by atoms with E-state index in [-0.39, 0.29) is 11.4 Å². The van der Waals surface area contributed by atoms with Gasteiger partial charge in [0.15, 0.2) is 5.82 Å². The average molecular weight is 205 g/mol. The Morgan fingerprint density at radius 1 is 1.47 bits per heavy atom. The molecule has 2 heterocycles. The van der Waals surface area contributed by atoms with E-state index in [0.717, 1.165) is 0 Å². The van der Waals surface area contributed by atoms with E-state index in [1.807, 2.05) is 0 Å². The van der Waals surface area contributed by atoms with Crippen LogP contribution in [0.1, 0.15) is 10.4 Å². The molecule has 0 unspecified atom stereocenters. The Labute approximate surface area is 83.5 Å². The number of aromatic amines is 2. The molecule has 0 aromatic carbocycles. The number of hydrogen-bond donors (Lipinski definition) is 3. The average Bonchev–Trinajstić information content (AvgIpc) is 2.71. The first-order chi connectivity index (χ1) is 7.27. The third-order valence-corrected chi connectivity index (χ3v) is 1.72. The smallest absolute Gasteiger partial charge is 0.262 e. The van der Waals surface area contributed by atoms with E-state index >= 15 is 0 Å². The van der Waals surface area contributed by atoms with E-state index in [2.05, 4.69) is 25.7 Å². The largest absolute Gasteiger partial charge is 0.328 e. The van der Waals surface area contributed by atoms with Crippen molar-refractivity contribution >= 4 is 11.7 Å². The first-order valence-corrected chi connectivity index (χ1v) is 4.12. The minimum absolute atomic E-state index is 0.0282. The maximum absolute atomic E-state index is 11.5. The molecule has 1 amide bonds. The van der Waals surface area contributed by atoms with Crippen molar-refractivity contribution in [3.05, 3.63) is 40.4 Å². The van der Waals surface area contributed by atoms with Crippen LogP contribution in [0.5, 0.6) is 0 Å². The van der Waals surface area contributed by atoms with Crippen LogP contribution >= 0.6 is 0 Å². The topological polar surface area (TPSA) is 104 Å². The predicted octanol–water partition coefficient (Wildman–Crippen LogP) is -0.255. The summed E-state index contributed by atoms with van der Waals surface area (Å²) in [7, 11) is 0. The van der Waals surface area contributed by atoms with Gasteiger partial charge in [0.2, 0.25) is 0 Å². The van der Waals surface area contributed by atoms with Gasteiger partial charge in [-0.1, -0.05) is 0 Å². The van der Waals surface area contributed by atoms with Gasteiger partial charge < -0.3 is 10.3 Å². The van der Waals surface area contributed by atoms with E-state index in [9.17, 15) is 9.59 Å². The normalized spacial score (nSPS) is 9.87. The van der Waals surface area contributed by atoms with E-state index in [4.69, 9.17) is 0 Å². The molecule has 0 saturated heterocycles. The van der Waals surface area contributed by atoms with Gasteiger partial charge in [0, 0.05) is 6.20 Å². The van der Waals surface area contributed by atoms with Crippen LogP contribution in [0.25, 0.3) is 0 Å². The molecule has 0 aliphatic carbocycles. The molecule has 0 fully saturated rings. The number of carbonyl (C=O) groups excluding carboxylic acids is 1. The lowest BCUT2D eigenvalue weighted by molar-refractivity contribution is 0.102. The number of pyridine rings is 1. The lowest BCUT2D eigenvalue weighted by Crippen LogP contribution is -2.22. The quantitative estimate of drug-likeness (QED) is 0.628. The standard InChI is InChI=1S/C8H7N5O2/c14-7-5(2-1-3-9-7)8(15)11-6-4-10-13-12-6/h1-4H,(H,9,14)(H2,10,11,12,13,15). The van der Waals surface area contributed by atoms with E-state index < -0.39 is 11.5 Å². The highest BCUT2D eigenvalue weighted by Crippen LogP contribution is 1.99. The van der Waals surface area contributed by atoms with E-state index in [1.54, 1.807) is 6.07 Å². The van der Waals surface area contributed by atoms with Gasteiger partial charge in [0.25, 0.3) is 11.5 Å². The fourth-order valence-electron chi connectivity index (χ4n) is 1.05. The minimum atomic E-state index is -0.522. The minimum Gasteiger partial charge on any atom is -0.328 e. The SMILES string of the molecule is O=C(Nc1cn[nH]n1)c1ccc[nH]c1=O. The van der Waals surface area contributed by atoms with Gasteiger partial charge in [0.05, 0.1) is 6.20 Å². The molecule has 2 aromatic heterocycles. The molecule has 3 N–H and O–H groups in total. The Morgan fingerprint density at radius 3 is 3.00 bits per heavy atom. The molecule has 0 aliphatic heterocycles. The van der Waals surface area contributed by atoms with Gasteiger partial charge in [-0.05, 0) is 12.1 Å². The molecule has 0 spiro atoms. The summed E-state index contributed by atoms with van der Waals surface area (Å²) in [6.07, 6.45) is 2.80. The molecule has 2 rings (SSSR count). The molecule has 0 saturated carbocycles. The maximum Gasteiger partial charge on any atom is 0.262 e. The Hall–Kier alpha value is -2.44. The van der Waals surface area contributed by atoms with Crippen LogP contribution in [-0.2, 0) is 0 Å². The van der Waals surface area contributed by atoms with Crippen molar-refractivity contribution < 1.29 is 4.79 Å². The van der Waals surface area contributed by atoms with Gasteiger partial charge in [-0.15, -0.1) is 5.10 Å². The summed E-state index contributed by atoms with van der Waals surface area (Å²) in [6.45, 7) is 0. The fourth-order valence-corrected chi connectivity index (χ4v) is 1.05. The Balaban J connectivity index is 2.23. The number of aromatic nitrogens is 4. The third-order valence-electron chi connectivity index (χ3n) is 1.72. The Morgan fingerprint density at radius 2 is 2.33 bits per heavy atom. The second-order valence-corrected chi connectivity index (χ2v) is 2.72. The predicted molar refractivity (Wildman–Crippen MR) is 51.4 cm³/mol. The first kappa shape index (κ1) is 9.13. The van der Waals surface area contributed by atoms with E-state index in [1.165, 1.54) is 18.5 Å². The van der Waals surface area contributed by atoms with Crippen molar-refractivity contribution in [1.82, 2.24) is 20.4 Å². The lowest BCUT2D eigenvalue weighted by atomic mass is 10.2. The highest BCUT2D eigenvalue weighted by atomic mass is 16.2. The molecule has 0 aliphatic rings. The molecule has 76 valence electrons. The molecular formula is C8H7N5O2. The van der Waals surface area contributed by atoms with Crippen LogP contribution in [0.15, 0.2) is 29.3 Å². The summed E-state index contributed by atoms with van der Waals surface area (Å²) in [5, 5.41) is 11.9. The number of nitrogens with zero attached hydrogens (tertiary/aromatic N) is 2. The molecule has 0 atom stereocenters. The third kappa shape index (κ3) is 1.90. The monoisotopic (exact) mass is 205 g/mol. The van der Waals surface area contributed by atoms with Gasteiger partial charge in [-0.2, -0.15) is 10.3 Å². The van der Waals surface area contributed by atoms with Crippen LogP contribution in [-0.4, -0.2) is 26.3 Å². The molecule has 0 bridgehead atoms. The Bertz CT molecular complexity index is 516. The number of H-pyrrole nitrogens is 2. The fraction of sp³-hybridized carbons (Fsp3) is 0. The van der Waals surface area contributed by atoms with Crippen LogP contribution in [0.3, 0.4) is 0 Å². The lowest BCUT2D eigenvalue weighted by Gasteiger charge is -1.98. The number of hydrogen-bond acceptors (Lipinski definition) is 4. The van der Waals surface area contributed by atoms with Crippen LogP contribution < -0.4 is 10.9 Å². The van der Waals surface area contributed by atoms with Gasteiger partial charge in [0.1, 0.15) is 5.56 Å². The van der Waals surface area contributed by atoms with E-state index in [0.29, 0.717) is 0 Å². The number of amides is 1. The highest BCUT2D eigenvalue weighted by molar-refractivity contribution is 6.03. The van der Waals surface area contributed by atoms with Crippen LogP contribution in [0.4, 0.5) is 5.82 Å². The van der Waals surface area contributed by atoms with Gasteiger partial charge in [-0.25, -0.2) is 0 Å². The summed E-state index contributed by atoms with van der Waals surface area (Å²) in [4.78, 5) is 25.1. The molecule has 0 radical (unpaired) electrons. The second-order valence-electron chi connectivity index (χ2n) is 2.72. The zero-order chi connectivity index (χ0) is 10.7. The van der Waals surface area contributed by atoms with Crippen molar-refractivity contribution in [2.24, 2.45) is 0 Å². The molecule has 15 heavy (non-hydrogen) atoms. The number of anilines is 1. The van der Waals surface area contributed by atoms with Gasteiger partial charge >= 0.3 is 0 Å². The molecule has 7 nitrogen and oxygen atoms in total. The van der Waals surface area contributed by atoms with Crippen molar-refractivity contribution in [3.63, 3.8) is 0 Å². The van der Waals surface area contributed by atoms with Crippen LogP contribution in [0.2, 0.25) is 0 Å². The maximum atomic E-state index is 11.5. The summed E-state index contributed by atoms with van der Waals surface area (Å²) < 4.78 is 0. The summed E-state index contributed by atoms with van der Waals surface area (Å²) in [6, 6.07) is 2.99. The van der Waals surface area contributed by atoms with Crippen LogP contribution in [0, 0.1) is 0 Å². The molecule has 7 heteroatoms. The molecule has 2 aromatic rings. The van der Waals surface area contributed by atoms with Crippen molar-refractivity contribution in [2.75, 3.05) is 5.32 Å². The van der Waals surface area contributed by atoms with Crippen molar-refractivity contribution in [1.29, 1.82) is 0 Å². The summed E-state index contributed by atoms with van der Waals surface area (Å²) >= 11 is 0. The van der Waals surface area contributed by atoms with Crippen molar-refractivity contribution in [2.45, 2.75) is 0 Å². The zero-order valence-corrected chi connectivity index (χ0v) is 7.52. The Kier molecular flexibility index (Phi) is 2.28. The summed E-state index contributed by atoms with van der Waals surface area (Å²) in [5.74, 6) is -0.256. The van der Waals surface area contributed by atoms with Gasteiger partial charge in [-0.3, -0.25) is 9.59 Å². The number of nitrogens with one attached hydrogen (secondary N) is 3. The number of carbonyl (C=O) groups is 1. The zero-order valence-electron chi connectivity index (χ0n) is 7.52. The van der Waals surface area contributed by atoms with Crippen molar-refractivity contribution in [3.8, 4) is 0 Å². The number of rotatable bonds is 2. The molecular weight excluding hydrogens is 198 g/mol. The first-order valence-electron chi connectivity index (χ1n) is 4.12. The second kappa shape index (κ2) is 3.74.